The lowest BCUT2D eigenvalue weighted by Crippen LogP contribution is -2.20. The molecule has 0 bridgehead atoms. The Bertz CT molecular complexity index is 1210. The molecular formula is C27H26N6O. The minimum atomic E-state index is -0.256. The maximum atomic E-state index is 9.40. The van der Waals surface area contributed by atoms with Crippen molar-refractivity contribution in [2.45, 2.75) is 18.5 Å². The Morgan fingerprint density at radius 1 is 0.735 bits per heavy atom. The van der Waals surface area contributed by atoms with E-state index in [0.717, 1.165) is 16.7 Å². The van der Waals surface area contributed by atoms with Gasteiger partial charge >= 0.3 is 0 Å². The topological polar surface area (TPSA) is 95.8 Å². The molecule has 0 saturated carbocycles. The summed E-state index contributed by atoms with van der Waals surface area (Å²) in [5.74, 6) is 1.35. The number of rotatable bonds is 10. The first kappa shape index (κ1) is 22.9. The van der Waals surface area contributed by atoms with Gasteiger partial charge in [0.2, 0.25) is 11.9 Å². The molecule has 2 N–H and O–H groups in total. The predicted octanol–water partition coefficient (Wildman–Crippen LogP) is 5.41. The summed E-state index contributed by atoms with van der Waals surface area (Å²) in [5.41, 5.74) is 2.92. The first-order valence-corrected chi connectivity index (χ1v) is 11.1. The molecule has 34 heavy (non-hydrogen) atoms. The molecule has 4 aromatic rings. The second-order valence-electron chi connectivity index (χ2n) is 7.71. The number of nitrogens with zero attached hydrogens (tertiary/aromatic N) is 4. The standard InChI is InChI=1S/C27H26N6O/c1-34-19-24(21-13-7-3-8-14-21)30-27-32-25(22-15-9-4-10-16-22)31-26(33-27)29-23(17-18-28)20-11-5-2-6-12-20/h2-16,23-24H,17,19H2,1H3,(H2,29,30,31,32,33). The number of anilines is 2. The van der Waals surface area contributed by atoms with Crippen LogP contribution in [0.15, 0.2) is 91.0 Å². The van der Waals surface area contributed by atoms with Gasteiger partial charge in [0.25, 0.3) is 0 Å². The third kappa shape index (κ3) is 5.94. The van der Waals surface area contributed by atoms with Gasteiger partial charge in [0.1, 0.15) is 0 Å². The van der Waals surface area contributed by atoms with E-state index < -0.39 is 0 Å². The highest BCUT2D eigenvalue weighted by Crippen LogP contribution is 2.25. The Morgan fingerprint density at radius 3 is 1.76 bits per heavy atom. The molecular weight excluding hydrogens is 424 g/mol. The van der Waals surface area contributed by atoms with E-state index in [0.29, 0.717) is 24.3 Å². The maximum Gasteiger partial charge on any atom is 0.228 e. The number of hydrogen-bond donors (Lipinski definition) is 2. The van der Waals surface area contributed by atoms with Gasteiger partial charge in [-0.15, -0.1) is 0 Å². The summed E-state index contributed by atoms with van der Waals surface area (Å²) in [6, 6.07) is 31.4. The molecule has 0 fully saturated rings. The van der Waals surface area contributed by atoms with Crippen molar-refractivity contribution < 1.29 is 4.74 Å². The zero-order valence-electron chi connectivity index (χ0n) is 18.9. The quantitative estimate of drug-likeness (QED) is 0.334. The molecule has 1 aromatic heterocycles. The normalized spacial score (nSPS) is 12.4. The van der Waals surface area contributed by atoms with Crippen LogP contribution < -0.4 is 10.6 Å². The monoisotopic (exact) mass is 450 g/mol. The van der Waals surface area contributed by atoms with Gasteiger partial charge in [-0.1, -0.05) is 91.0 Å². The molecule has 2 atom stereocenters. The van der Waals surface area contributed by atoms with Crippen molar-refractivity contribution in [2.24, 2.45) is 0 Å². The summed E-state index contributed by atoms with van der Waals surface area (Å²) in [6.45, 7) is 0.445. The van der Waals surface area contributed by atoms with Crippen LogP contribution >= 0.6 is 0 Å². The fraction of sp³-hybridized carbons (Fsp3) is 0.185. The number of methoxy groups -OCH3 is 1. The van der Waals surface area contributed by atoms with Crippen LogP contribution in [0.3, 0.4) is 0 Å². The van der Waals surface area contributed by atoms with E-state index in [1.54, 1.807) is 7.11 Å². The average molecular weight is 451 g/mol. The van der Waals surface area contributed by atoms with Gasteiger partial charge in [0.05, 0.1) is 31.2 Å². The number of hydrogen-bond acceptors (Lipinski definition) is 7. The molecule has 0 aliphatic rings. The first-order chi connectivity index (χ1) is 16.8. The van der Waals surface area contributed by atoms with Crippen LogP contribution in [-0.4, -0.2) is 28.7 Å². The fourth-order valence-corrected chi connectivity index (χ4v) is 3.64. The van der Waals surface area contributed by atoms with E-state index in [9.17, 15) is 5.26 Å². The number of ether oxygens (including phenoxy) is 1. The molecule has 0 radical (unpaired) electrons. The first-order valence-electron chi connectivity index (χ1n) is 11.1. The molecule has 3 aromatic carbocycles. The van der Waals surface area contributed by atoms with Crippen molar-refractivity contribution >= 4 is 11.9 Å². The average Bonchev–Trinajstić information content (AvgIpc) is 2.90. The molecule has 1 heterocycles. The second kappa shape index (κ2) is 11.5. The number of nitriles is 1. The molecule has 0 spiro atoms. The van der Waals surface area contributed by atoms with Crippen LogP contribution in [-0.2, 0) is 4.74 Å². The third-order valence-corrected chi connectivity index (χ3v) is 5.31. The van der Waals surface area contributed by atoms with Crippen molar-refractivity contribution in [2.75, 3.05) is 24.4 Å². The lowest BCUT2D eigenvalue weighted by atomic mass is 10.0. The Morgan fingerprint density at radius 2 is 1.24 bits per heavy atom. The number of aromatic nitrogens is 3. The van der Waals surface area contributed by atoms with Gasteiger partial charge in [-0.05, 0) is 11.1 Å². The number of nitrogens with one attached hydrogen (secondary N) is 2. The zero-order chi connectivity index (χ0) is 23.6. The van der Waals surface area contributed by atoms with E-state index in [-0.39, 0.29) is 18.5 Å². The third-order valence-electron chi connectivity index (χ3n) is 5.31. The van der Waals surface area contributed by atoms with Crippen molar-refractivity contribution in [1.29, 1.82) is 5.26 Å². The van der Waals surface area contributed by atoms with Gasteiger partial charge in [-0.2, -0.15) is 20.2 Å². The Kier molecular flexibility index (Phi) is 7.78. The lowest BCUT2D eigenvalue weighted by molar-refractivity contribution is 0.186. The van der Waals surface area contributed by atoms with E-state index in [1.165, 1.54) is 0 Å². The molecule has 7 nitrogen and oxygen atoms in total. The summed E-state index contributed by atoms with van der Waals surface area (Å²) in [7, 11) is 1.67. The number of benzene rings is 3. The molecule has 7 heteroatoms. The summed E-state index contributed by atoms with van der Waals surface area (Å²) >= 11 is 0. The van der Waals surface area contributed by atoms with Gasteiger partial charge < -0.3 is 15.4 Å². The van der Waals surface area contributed by atoms with Gasteiger partial charge in [0.15, 0.2) is 5.82 Å². The maximum absolute atomic E-state index is 9.40. The van der Waals surface area contributed by atoms with Crippen molar-refractivity contribution in [3.63, 3.8) is 0 Å². The Balaban J connectivity index is 1.70. The van der Waals surface area contributed by atoms with Crippen LogP contribution in [0.25, 0.3) is 11.4 Å². The van der Waals surface area contributed by atoms with Crippen LogP contribution in [0.1, 0.15) is 29.6 Å². The summed E-state index contributed by atoms with van der Waals surface area (Å²) in [6.07, 6.45) is 0.273. The Hall–Kier alpha value is -4.28. The molecule has 0 saturated heterocycles. The highest BCUT2D eigenvalue weighted by Gasteiger charge is 2.18. The lowest BCUT2D eigenvalue weighted by Gasteiger charge is -2.20. The molecule has 4 rings (SSSR count). The zero-order valence-corrected chi connectivity index (χ0v) is 18.9. The van der Waals surface area contributed by atoms with Crippen LogP contribution in [0, 0.1) is 11.3 Å². The predicted molar refractivity (Wildman–Crippen MR) is 133 cm³/mol. The van der Waals surface area contributed by atoms with Crippen LogP contribution in [0.2, 0.25) is 0 Å². The molecule has 0 aliphatic heterocycles. The highest BCUT2D eigenvalue weighted by molar-refractivity contribution is 5.58. The summed E-state index contributed by atoms with van der Waals surface area (Å²) in [4.78, 5) is 14.0. The van der Waals surface area contributed by atoms with Crippen LogP contribution in [0.5, 0.6) is 0 Å². The largest absolute Gasteiger partial charge is 0.382 e. The molecule has 170 valence electrons. The minimum absolute atomic E-state index is 0.144. The minimum Gasteiger partial charge on any atom is -0.382 e. The Labute approximate surface area is 199 Å². The highest BCUT2D eigenvalue weighted by atomic mass is 16.5. The van der Waals surface area contributed by atoms with Crippen LogP contribution in [0.4, 0.5) is 11.9 Å². The van der Waals surface area contributed by atoms with E-state index >= 15 is 0 Å². The SMILES string of the molecule is COCC(Nc1nc(NC(CC#N)c2ccccc2)nc(-c2ccccc2)n1)c1ccccc1. The van der Waals surface area contributed by atoms with Gasteiger partial charge in [-0.3, -0.25) is 0 Å². The van der Waals surface area contributed by atoms with E-state index in [2.05, 4.69) is 31.7 Å². The fourth-order valence-electron chi connectivity index (χ4n) is 3.64. The summed E-state index contributed by atoms with van der Waals surface area (Å²) < 4.78 is 5.44. The van der Waals surface area contributed by atoms with E-state index in [1.807, 2.05) is 91.0 Å². The van der Waals surface area contributed by atoms with Gasteiger partial charge in [-0.25, -0.2) is 0 Å². The second-order valence-corrected chi connectivity index (χ2v) is 7.71. The van der Waals surface area contributed by atoms with Crippen molar-refractivity contribution in [3.05, 3.63) is 102 Å². The van der Waals surface area contributed by atoms with E-state index in [4.69, 9.17) is 4.74 Å². The molecule has 0 amide bonds. The smallest absolute Gasteiger partial charge is 0.228 e. The summed E-state index contributed by atoms with van der Waals surface area (Å²) in [5, 5.41) is 16.1. The molecule has 2 unspecified atom stereocenters. The molecule has 0 aliphatic carbocycles. The van der Waals surface area contributed by atoms with Crippen molar-refractivity contribution in [1.82, 2.24) is 15.0 Å². The van der Waals surface area contributed by atoms with Gasteiger partial charge in [0, 0.05) is 12.7 Å². The van der Waals surface area contributed by atoms with Crippen molar-refractivity contribution in [3.8, 4) is 17.5 Å².